The van der Waals surface area contributed by atoms with Crippen LogP contribution in [0, 0.1) is 6.92 Å². The summed E-state index contributed by atoms with van der Waals surface area (Å²) in [6.07, 6.45) is 0. The topological polar surface area (TPSA) is 164 Å². The van der Waals surface area contributed by atoms with Crippen molar-refractivity contribution in [3.05, 3.63) is 47.0 Å². The van der Waals surface area contributed by atoms with Crippen molar-refractivity contribution >= 4 is 38.9 Å². The number of carbonyl (C=O) groups is 2. The number of esters is 2. The normalized spacial score (nSPS) is 12.0. The summed E-state index contributed by atoms with van der Waals surface area (Å²) in [6, 6.07) is 5.32. The van der Waals surface area contributed by atoms with E-state index in [-0.39, 0.29) is 57.7 Å². The molecule has 0 saturated carbocycles. The highest BCUT2D eigenvalue weighted by Gasteiger charge is 2.25. The Morgan fingerprint density at radius 3 is 2.32 bits per heavy atom. The van der Waals surface area contributed by atoms with Crippen LogP contribution < -0.4 is 10.5 Å². The van der Waals surface area contributed by atoms with E-state index in [9.17, 15) is 18.0 Å². The molecule has 0 amide bonds. The maximum absolute atomic E-state index is 12.4. The van der Waals surface area contributed by atoms with E-state index >= 15 is 0 Å². The standard InChI is InChI=1S/C22H26N4O7S/c1-6-31-21(28)16-12(2)33-19-17(16)18(23)24-15(25-19)11-32-20(27)13-7-9-14(10-8-13)34(29,30)26-22(3,4)5/h7-10,26H,6,11H2,1-5H3,(H2,23,24,25). The fourth-order valence-electron chi connectivity index (χ4n) is 3.14. The van der Waals surface area contributed by atoms with Gasteiger partial charge in [-0.15, -0.1) is 0 Å². The molecule has 2 heterocycles. The number of sulfonamides is 1. The number of fused-ring (bicyclic) bond motifs is 1. The molecule has 0 atom stereocenters. The number of aryl methyl sites for hydroxylation is 1. The fourth-order valence-corrected chi connectivity index (χ4v) is 4.56. The molecule has 182 valence electrons. The van der Waals surface area contributed by atoms with E-state index in [4.69, 9.17) is 19.6 Å². The van der Waals surface area contributed by atoms with Gasteiger partial charge in [0.1, 0.15) is 17.1 Å². The second-order valence-electron chi connectivity index (χ2n) is 8.41. The SMILES string of the molecule is CCOC(=O)c1c(C)oc2nc(COC(=O)c3ccc(S(=O)(=O)NC(C)(C)C)cc3)nc(N)c12. The number of nitrogens with one attached hydrogen (secondary N) is 1. The zero-order valence-electron chi connectivity index (χ0n) is 19.5. The van der Waals surface area contributed by atoms with Crippen LogP contribution in [0.2, 0.25) is 0 Å². The van der Waals surface area contributed by atoms with E-state index in [1.165, 1.54) is 24.3 Å². The summed E-state index contributed by atoms with van der Waals surface area (Å²) < 4.78 is 43.1. The van der Waals surface area contributed by atoms with Gasteiger partial charge in [0, 0.05) is 5.54 Å². The van der Waals surface area contributed by atoms with Gasteiger partial charge in [-0.2, -0.15) is 4.98 Å². The van der Waals surface area contributed by atoms with Crippen LogP contribution in [0.4, 0.5) is 5.82 Å². The van der Waals surface area contributed by atoms with E-state index in [1.807, 2.05) is 0 Å². The molecule has 3 rings (SSSR count). The molecule has 12 heteroatoms. The van der Waals surface area contributed by atoms with Crippen molar-refractivity contribution in [2.45, 2.75) is 51.7 Å². The first-order valence-electron chi connectivity index (χ1n) is 10.4. The van der Waals surface area contributed by atoms with Crippen molar-refractivity contribution in [2.75, 3.05) is 12.3 Å². The van der Waals surface area contributed by atoms with E-state index < -0.39 is 27.5 Å². The fraction of sp³-hybridized carbons (Fsp3) is 0.364. The molecule has 0 bridgehead atoms. The van der Waals surface area contributed by atoms with Crippen molar-refractivity contribution in [1.82, 2.24) is 14.7 Å². The van der Waals surface area contributed by atoms with Gasteiger partial charge >= 0.3 is 11.9 Å². The summed E-state index contributed by atoms with van der Waals surface area (Å²) in [4.78, 5) is 32.9. The number of anilines is 1. The molecular weight excluding hydrogens is 464 g/mol. The molecule has 0 aliphatic rings. The number of benzene rings is 1. The zero-order chi connectivity index (χ0) is 25.3. The quantitative estimate of drug-likeness (QED) is 0.471. The van der Waals surface area contributed by atoms with Gasteiger partial charge in [0.15, 0.2) is 12.4 Å². The first-order valence-corrected chi connectivity index (χ1v) is 11.8. The molecule has 0 aliphatic carbocycles. The third-order valence-corrected chi connectivity index (χ3v) is 6.23. The Hall–Kier alpha value is -3.51. The van der Waals surface area contributed by atoms with Crippen molar-refractivity contribution in [2.24, 2.45) is 0 Å². The minimum absolute atomic E-state index is 0.0168. The molecule has 0 unspecified atom stereocenters. The second-order valence-corrected chi connectivity index (χ2v) is 10.1. The number of furan rings is 1. The summed E-state index contributed by atoms with van der Waals surface area (Å²) >= 11 is 0. The maximum atomic E-state index is 12.4. The zero-order valence-corrected chi connectivity index (χ0v) is 20.3. The number of nitrogens with two attached hydrogens (primary N) is 1. The van der Waals surface area contributed by atoms with Gasteiger partial charge in [-0.25, -0.2) is 27.7 Å². The highest BCUT2D eigenvalue weighted by molar-refractivity contribution is 7.89. The van der Waals surface area contributed by atoms with Gasteiger partial charge in [-0.05, 0) is 58.9 Å². The smallest absolute Gasteiger partial charge is 0.342 e. The molecule has 3 N–H and O–H groups in total. The lowest BCUT2D eigenvalue weighted by molar-refractivity contribution is 0.0461. The molecule has 0 saturated heterocycles. The van der Waals surface area contributed by atoms with E-state index in [0.717, 1.165) is 0 Å². The van der Waals surface area contributed by atoms with Gasteiger partial charge in [0.2, 0.25) is 15.7 Å². The van der Waals surface area contributed by atoms with Crippen LogP contribution in [0.1, 0.15) is 60.0 Å². The van der Waals surface area contributed by atoms with Crippen molar-refractivity contribution in [3.8, 4) is 0 Å². The Morgan fingerprint density at radius 2 is 1.74 bits per heavy atom. The molecule has 1 aromatic carbocycles. The van der Waals surface area contributed by atoms with Gasteiger partial charge in [0.25, 0.3) is 0 Å². The Balaban J connectivity index is 1.75. The summed E-state index contributed by atoms with van der Waals surface area (Å²) in [5.74, 6) is -0.984. The molecule has 11 nitrogen and oxygen atoms in total. The monoisotopic (exact) mass is 490 g/mol. The molecule has 2 aromatic heterocycles. The number of carbonyl (C=O) groups excluding carboxylic acids is 2. The lowest BCUT2D eigenvalue weighted by Gasteiger charge is -2.20. The first kappa shape index (κ1) is 25.1. The van der Waals surface area contributed by atoms with Crippen LogP contribution in [0.25, 0.3) is 11.1 Å². The van der Waals surface area contributed by atoms with E-state index in [2.05, 4.69) is 14.7 Å². The molecular formula is C22H26N4O7S. The Morgan fingerprint density at radius 1 is 1.09 bits per heavy atom. The first-order chi connectivity index (χ1) is 15.8. The highest BCUT2D eigenvalue weighted by Crippen LogP contribution is 2.29. The molecule has 0 radical (unpaired) electrons. The Kier molecular flexibility index (Phi) is 6.94. The summed E-state index contributed by atoms with van der Waals surface area (Å²) in [5.41, 5.74) is 5.71. The number of rotatable bonds is 7. The van der Waals surface area contributed by atoms with Crippen LogP contribution in [0.5, 0.6) is 0 Å². The lowest BCUT2D eigenvalue weighted by Crippen LogP contribution is -2.40. The number of hydrogen-bond acceptors (Lipinski definition) is 10. The van der Waals surface area contributed by atoms with Gasteiger partial charge in [-0.3, -0.25) is 0 Å². The van der Waals surface area contributed by atoms with E-state index in [1.54, 1.807) is 34.6 Å². The number of aromatic nitrogens is 2. The van der Waals surface area contributed by atoms with Gasteiger partial charge in [0.05, 0.1) is 22.5 Å². The van der Waals surface area contributed by atoms with Crippen molar-refractivity contribution in [1.29, 1.82) is 0 Å². The number of ether oxygens (including phenoxy) is 2. The molecule has 0 fully saturated rings. The summed E-state index contributed by atoms with van der Waals surface area (Å²) in [5, 5.41) is 0.228. The summed E-state index contributed by atoms with van der Waals surface area (Å²) in [7, 11) is -3.73. The number of hydrogen-bond donors (Lipinski definition) is 2. The number of nitrogens with zero attached hydrogens (tertiary/aromatic N) is 2. The minimum atomic E-state index is -3.73. The summed E-state index contributed by atoms with van der Waals surface area (Å²) in [6.45, 7) is 8.29. The molecule has 3 aromatic rings. The molecule has 0 spiro atoms. The van der Waals surface area contributed by atoms with Gasteiger partial charge < -0.3 is 19.6 Å². The molecule has 34 heavy (non-hydrogen) atoms. The Bertz CT molecular complexity index is 1340. The molecule has 0 aliphatic heterocycles. The van der Waals surface area contributed by atoms with Crippen molar-refractivity contribution in [3.63, 3.8) is 0 Å². The van der Waals surface area contributed by atoms with Crippen LogP contribution in [0.3, 0.4) is 0 Å². The largest absolute Gasteiger partial charge is 0.462 e. The average Bonchev–Trinajstić information content (AvgIpc) is 3.07. The highest BCUT2D eigenvalue weighted by atomic mass is 32.2. The second kappa shape index (κ2) is 9.39. The Labute approximate surface area is 196 Å². The maximum Gasteiger partial charge on any atom is 0.342 e. The third kappa shape index (κ3) is 5.51. The van der Waals surface area contributed by atoms with Crippen LogP contribution in [-0.4, -0.2) is 42.5 Å². The predicted molar refractivity (Wildman–Crippen MR) is 123 cm³/mol. The van der Waals surface area contributed by atoms with Crippen LogP contribution >= 0.6 is 0 Å². The lowest BCUT2D eigenvalue weighted by atomic mass is 10.1. The predicted octanol–water partition coefficient (Wildman–Crippen LogP) is 2.72. The van der Waals surface area contributed by atoms with Crippen LogP contribution in [-0.2, 0) is 26.1 Å². The van der Waals surface area contributed by atoms with Crippen LogP contribution in [0.15, 0.2) is 33.6 Å². The third-order valence-electron chi connectivity index (χ3n) is 4.45. The number of nitrogen functional groups attached to an aromatic ring is 1. The van der Waals surface area contributed by atoms with Crippen molar-refractivity contribution < 1.29 is 31.9 Å². The minimum Gasteiger partial charge on any atom is -0.462 e. The average molecular weight is 491 g/mol. The van der Waals surface area contributed by atoms with Gasteiger partial charge in [-0.1, -0.05) is 0 Å². The van der Waals surface area contributed by atoms with E-state index in [0.29, 0.717) is 0 Å².